The molecule has 0 fully saturated rings. The average molecular weight is 200 g/mol. The van der Waals surface area contributed by atoms with Gasteiger partial charge in [-0.2, -0.15) is 0 Å². The van der Waals surface area contributed by atoms with Crippen LogP contribution in [-0.4, -0.2) is 38.1 Å². The topological polar surface area (TPSA) is 38.7 Å². The zero-order chi connectivity index (χ0) is 11.1. The van der Waals surface area contributed by atoms with Crippen LogP contribution in [0.25, 0.3) is 0 Å². The Morgan fingerprint density at radius 3 is 2.14 bits per heavy atom. The smallest absolute Gasteiger partial charge is 0.122 e. The predicted molar refractivity (Wildman–Crippen MR) is 55.8 cm³/mol. The molecule has 3 heteroatoms. The van der Waals surface area contributed by atoms with Gasteiger partial charge in [0.05, 0.1) is 6.10 Å². The number of aliphatic hydroxyl groups excluding tert-OH is 1. The van der Waals surface area contributed by atoms with E-state index in [1.807, 2.05) is 13.8 Å². The fourth-order valence-electron chi connectivity index (χ4n) is 1.68. The zero-order valence-electron chi connectivity index (χ0n) is 9.36. The molecule has 0 aromatic carbocycles. The zero-order valence-corrected chi connectivity index (χ0v) is 9.36. The molecule has 0 heterocycles. The molecule has 0 bridgehead atoms. The van der Waals surface area contributed by atoms with Crippen molar-refractivity contribution in [2.45, 2.75) is 26.1 Å². The lowest BCUT2D eigenvalue weighted by Gasteiger charge is -2.29. The molecule has 0 rings (SSSR count). The number of hydrogen-bond acceptors (Lipinski definition) is 3. The van der Waals surface area contributed by atoms with Crippen molar-refractivity contribution in [3.8, 4) is 12.3 Å². The van der Waals surface area contributed by atoms with Crippen molar-refractivity contribution in [3.05, 3.63) is 0 Å². The van der Waals surface area contributed by atoms with Gasteiger partial charge in [-0.15, -0.1) is 6.42 Å². The molecule has 0 saturated heterocycles. The highest BCUT2D eigenvalue weighted by Gasteiger charge is 2.28. The Kier molecular flexibility index (Phi) is 6.56. The van der Waals surface area contributed by atoms with Gasteiger partial charge >= 0.3 is 0 Å². The molecule has 4 atom stereocenters. The highest BCUT2D eigenvalue weighted by molar-refractivity contribution is 4.99. The quantitative estimate of drug-likeness (QED) is 0.648. The van der Waals surface area contributed by atoms with Crippen molar-refractivity contribution in [2.75, 3.05) is 20.8 Å². The fraction of sp³-hybridized carbons (Fsp3) is 0.818. The summed E-state index contributed by atoms with van der Waals surface area (Å²) >= 11 is 0. The standard InChI is InChI=1S/C11H20O3/c1-6-10(13-4)9(3)11(14-5)8(2)7-12/h1,8-12H,7H2,2-5H3. The minimum Gasteiger partial charge on any atom is -0.396 e. The van der Waals surface area contributed by atoms with Gasteiger partial charge in [0.2, 0.25) is 0 Å². The van der Waals surface area contributed by atoms with E-state index in [1.54, 1.807) is 14.2 Å². The summed E-state index contributed by atoms with van der Waals surface area (Å²) in [7, 11) is 3.20. The van der Waals surface area contributed by atoms with Crippen LogP contribution >= 0.6 is 0 Å². The molecule has 0 amide bonds. The molecule has 4 unspecified atom stereocenters. The van der Waals surface area contributed by atoms with E-state index < -0.39 is 0 Å². The molecular weight excluding hydrogens is 180 g/mol. The summed E-state index contributed by atoms with van der Waals surface area (Å²) in [5.74, 6) is 2.68. The first kappa shape index (κ1) is 13.4. The second-order valence-electron chi connectivity index (χ2n) is 3.54. The third-order valence-electron chi connectivity index (χ3n) is 2.53. The maximum absolute atomic E-state index is 9.04. The largest absolute Gasteiger partial charge is 0.396 e. The Morgan fingerprint density at radius 2 is 1.86 bits per heavy atom. The van der Waals surface area contributed by atoms with Crippen LogP contribution in [0.1, 0.15) is 13.8 Å². The van der Waals surface area contributed by atoms with Crippen molar-refractivity contribution in [3.63, 3.8) is 0 Å². The van der Waals surface area contributed by atoms with Gasteiger partial charge in [-0.25, -0.2) is 0 Å². The van der Waals surface area contributed by atoms with E-state index in [9.17, 15) is 0 Å². The first-order valence-corrected chi connectivity index (χ1v) is 4.74. The van der Waals surface area contributed by atoms with Crippen LogP contribution in [-0.2, 0) is 9.47 Å². The maximum atomic E-state index is 9.04. The molecule has 14 heavy (non-hydrogen) atoms. The molecule has 0 saturated carbocycles. The van der Waals surface area contributed by atoms with Crippen LogP contribution in [0.5, 0.6) is 0 Å². The Hall–Kier alpha value is -0.560. The fourth-order valence-corrected chi connectivity index (χ4v) is 1.68. The number of rotatable bonds is 6. The molecular formula is C11H20O3. The van der Waals surface area contributed by atoms with Crippen molar-refractivity contribution < 1.29 is 14.6 Å². The molecule has 82 valence electrons. The van der Waals surface area contributed by atoms with Crippen molar-refractivity contribution >= 4 is 0 Å². The predicted octanol–water partition coefficient (Wildman–Crippen LogP) is 0.914. The van der Waals surface area contributed by atoms with Crippen LogP contribution in [0.4, 0.5) is 0 Å². The highest BCUT2D eigenvalue weighted by atomic mass is 16.5. The van der Waals surface area contributed by atoms with E-state index >= 15 is 0 Å². The van der Waals surface area contributed by atoms with Gasteiger partial charge in [-0.05, 0) is 0 Å². The lowest BCUT2D eigenvalue weighted by Crippen LogP contribution is -2.37. The van der Waals surface area contributed by atoms with Gasteiger partial charge in [0.1, 0.15) is 6.10 Å². The van der Waals surface area contributed by atoms with Gasteiger partial charge in [-0.1, -0.05) is 19.8 Å². The van der Waals surface area contributed by atoms with E-state index in [4.69, 9.17) is 21.0 Å². The molecule has 0 radical (unpaired) electrons. The third kappa shape index (κ3) is 3.30. The molecule has 0 aromatic heterocycles. The maximum Gasteiger partial charge on any atom is 0.122 e. The molecule has 0 spiro atoms. The van der Waals surface area contributed by atoms with Crippen molar-refractivity contribution in [1.29, 1.82) is 0 Å². The van der Waals surface area contributed by atoms with Crippen LogP contribution in [0.2, 0.25) is 0 Å². The Balaban J connectivity index is 4.44. The van der Waals surface area contributed by atoms with E-state index in [0.717, 1.165) is 0 Å². The lowest BCUT2D eigenvalue weighted by molar-refractivity contribution is -0.0412. The molecule has 0 aliphatic rings. The molecule has 0 aliphatic carbocycles. The Bertz CT molecular complexity index is 185. The van der Waals surface area contributed by atoms with Gasteiger partial charge in [0, 0.05) is 32.7 Å². The molecule has 3 nitrogen and oxygen atoms in total. The van der Waals surface area contributed by atoms with Crippen molar-refractivity contribution in [2.24, 2.45) is 11.8 Å². The average Bonchev–Trinajstić information content (AvgIpc) is 2.20. The Morgan fingerprint density at radius 1 is 1.29 bits per heavy atom. The lowest BCUT2D eigenvalue weighted by atomic mass is 9.89. The van der Waals surface area contributed by atoms with Gasteiger partial charge in [0.25, 0.3) is 0 Å². The molecule has 0 aromatic rings. The third-order valence-corrected chi connectivity index (χ3v) is 2.53. The summed E-state index contributed by atoms with van der Waals surface area (Å²) in [6, 6.07) is 0. The van der Waals surface area contributed by atoms with E-state index in [0.29, 0.717) is 0 Å². The number of methoxy groups -OCH3 is 2. The second-order valence-corrected chi connectivity index (χ2v) is 3.54. The summed E-state index contributed by atoms with van der Waals surface area (Å²) in [5, 5.41) is 9.04. The first-order valence-electron chi connectivity index (χ1n) is 4.74. The first-order chi connectivity index (χ1) is 6.62. The highest BCUT2D eigenvalue weighted by Crippen LogP contribution is 2.20. The number of ether oxygens (including phenoxy) is 2. The number of terminal acetylenes is 1. The summed E-state index contributed by atoms with van der Waals surface area (Å²) in [5.41, 5.74) is 0. The van der Waals surface area contributed by atoms with Crippen LogP contribution < -0.4 is 0 Å². The van der Waals surface area contributed by atoms with Gasteiger partial charge in [-0.3, -0.25) is 0 Å². The second kappa shape index (κ2) is 6.83. The summed E-state index contributed by atoms with van der Waals surface area (Å²) in [4.78, 5) is 0. The van der Waals surface area contributed by atoms with E-state index in [2.05, 4.69) is 5.92 Å². The van der Waals surface area contributed by atoms with Crippen LogP contribution in [0.15, 0.2) is 0 Å². The van der Waals surface area contributed by atoms with Crippen LogP contribution in [0.3, 0.4) is 0 Å². The molecule has 1 N–H and O–H groups in total. The van der Waals surface area contributed by atoms with Crippen molar-refractivity contribution in [1.82, 2.24) is 0 Å². The summed E-state index contributed by atoms with van der Waals surface area (Å²) in [6.45, 7) is 3.98. The van der Waals surface area contributed by atoms with Gasteiger partial charge in [0.15, 0.2) is 0 Å². The van der Waals surface area contributed by atoms with E-state index in [1.165, 1.54) is 0 Å². The number of hydrogen-bond donors (Lipinski definition) is 1. The monoisotopic (exact) mass is 200 g/mol. The minimum atomic E-state index is -0.269. The Labute approximate surface area is 86.4 Å². The molecule has 0 aliphatic heterocycles. The summed E-state index contributed by atoms with van der Waals surface area (Å²) in [6.07, 6.45) is 4.97. The summed E-state index contributed by atoms with van der Waals surface area (Å²) < 4.78 is 10.5. The normalized spacial score (nSPS) is 19.4. The SMILES string of the molecule is C#CC(OC)C(C)C(OC)C(C)CO. The minimum absolute atomic E-state index is 0.0565. The van der Waals surface area contributed by atoms with Crippen LogP contribution in [0, 0.1) is 24.2 Å². The number of aliphatic hydroxyl groups is 1. The van der Waals surface area contributed by atoms with E-state index in [-0.39, 0.29) is 30.7 Å². The van der Waals surface area contributed by atoms with Gasteiger partial charge < -0.3 is 14.6 Å².